The molecule has 1 aliphatic carbocycles. The highest BCUT2D eigenvalue weighted by molar-refractivity contribution is 5.86. The zero-order valence-corrected chi connectivity index (χ0v) is 19.0. The second-order valence-corrected chi connectivity index (χ2v) is 8.66. The molecule has 0 radical (unpaired) electrons. The van der Waals surface area contributed by atoms with Gasteiger partial charge in [-0.05, 0) is 57.7 Å². The lowest BCUT2D eigenvalue weighted by Crippen LogP contribution is -2.36. The number of aryl methyl sites for hydroxylation is 3. The van der Waals surface area contributed by atoms with Crippen LogP contribution in [0, 0.1) is 20.8 Å². The Kier molecular flexibility index (Phi) is 6.25. The summed E-state index contributed by atoms with van der Waals surface area (Å²) in [7, 11) is 1.64. The highest BCUT2D eigenvalue weighted by Gasteiger charge is 2.21. The molecule has 1 N–H and O–H groups in total. The molecule has 1 amide bonds. The van der Waals surface area contributed by atoms with Gasteiger partial charge in [-0.25, -0.2) is 4.68 Å². The number of carbonyl (C=O) groups excluding carboxylic acids is 1. The van der Waals surface area contributed by atoms with E-state index in [0.717, 1.165) is 46.4 Å². The lowest BCUT2D eigenvalue weighted by molar-refractivity contribution is -0.121. The Labute approximate surface area is 184 Å². The van der Waals surface area contributed by atoms with Crippen LogP contribution in [0.2, 0.25) is 0 Å². The molecule has 0 aliphatic heterocycles. The van der Waals surface area contributed by atoms with E-state index in [-0.39, 0.29) is 5.91 Å². The van der Waals surface area contributed by atoms with Gasteiger partial charge in [0.05, 0.1) is 18.5 Å². The number of fused-ring (bicyclic) bond motifs is 1. The van der Waals surface area contributed by atoms with E-state index >= 15 is 0 Å². The van der Waals surface area contributed by atoms with E-state index in [2.05, 4.69) is 31.3 Å². The third-order valence-electron chi connectivity index (χ3n) is 6.37. The number of rotatable bonds is 6. The summed E-state index contributed by atoms with van der Waals surface area (Å²) in [4.78, 5) is 17.4. The normalized spacial score (nSPS) is 14.7. The van der Waals surface area contributed by atoms with Crippen LogP contribution < -0.4 is 10.1 Å². The summed E-state index contributed by atoms with van der Waals surface area (Å²) in [6.07, 6.45) is 6.94. The van der Waals surface area contributed by atoms with Crippen LogP contribution in [0.5, 0.6) is 5.88 Å². The second kappa shape index (κ2) is 9.08. The van der Waals surface area contributed by atoms with Crippen molar-refractivity contribution in [1.29, 1.82) is 0 Å². The molecule has 0 atom stereocenters. The number of amides is 1. The Morgan fingerprint density at radius 3 is 2.52 bits per heavy atom. The van der Waals surface area contributed by atoms with Crippen molar-refractivity contribution < 1.29 is 9.53 Å². The van der Waals surface area contributed by atoms with Crippen LogP contribution in [0.15, 0.2) is 24.3 Å². The van der Waals surface area contributed by atoms with Crippen molar-refractivity contribution in [2.75, 3.05) is 7.11 Å². The van der Waals surface area contributed by atoms with E-state index in [1.807, 2.05) is 23.7 Å². The Hall–Kier alpha value is -2.89. The van der Waals surface area contributed by atoms with E-state index in [9.17, 15) is 4.79 Å². The molecule has 4 rings (SSSR count). The molecule has 6 nitrogen and oxygen atoms in total. The Balaban J connectivity index is 1.62. The molecule has 0 spiro atoms. The summed E-state index contributed by atoms with van der Waals surface area (Å²) in [5.41, 5.74) is 5.95. The largest absolute Gasteiger partial charge is 0.481 e. The molecule has 6 heteroatoms. The number of nitrogens with zero attached hydrogens (tertiary/aromatic N) is 3. The lowest BCUT2D eigenvalue weighted by atomic mass is 9.95. The molecular formula is C25H32N4O2. The van der Waals surface area contributed by atoms with Crippen LogP contribution in [0.1, 0.15) is 60.9 Å². The number of carbonyl (C=O) groups is 1. The fraction of sp³-hybridized carbons (Fsp3) is 0.480. The molecule has 0 unspecified atom stereocenters. The number of aromatic nitrogens is 3. The first-order chi connectivity index (χ1) is 15.0. The average Bonchev–Trinajstić information content (AvgIpc) is 3.10. The van der Waals surface area contributed by atoms with Crippen LogP contribution in [0.3, 0.4) is 0 Å². The molecule has 1 aliphatic rings. The van der Waals surface area contributed by atoms with Crippen molar-refractivity contribution in [3.8, 4) is 11.6 Å². The third kappa shape index (κ3) is 4.43. The van der Waals surface area contributed by atoms with Gasteiger partial charge >= 0.3 is 0 Å². The van der Waals surface area contributed by atoms with E-state index in [1.54, 1.807) is 7.11 Å². The number of nitrogens with one attached hydrogen (secondary N) is 1. The molecule has 1 aromatic carbocycles. The number of benzene rings is 1. The van der Waals surface area contributed by atoms with Gasteiger partial charge in [0.1, 0.15) is 0 Å². The third-order valence-corrected chi connectivity index (χ3v) is 6.37. The van der Waals surface area contributed by atoms with Gasteiger partial charge in [0.15, 0.2) is 5.65 Å². The molecule has 1 saturated carbocycles. The predicted molar refractivity (Wildman–Crippen MR) is 123 cm³/mol. The van der Waals surface area contributed by atoms with Crippen LogP contribution in [-0.2, 0) is 11.2 Å². The van der Waals surface area contributed by atoms with Crippen LogP contribution in [0.4, 0.5) is 0 Å². The van der Waals surface area contributed by atoms with Crippen molar-refractivity contribution in [3.63, 3.8) is 0 Å². The standard InChI is InChI=1S/C25H32N4O2/c1-16-10-12-20(13-11-16)29-24-23(18(3)28-29)17(2)21(25(27-24)31-4)14-15-22(30)26-19-8-6-5-7-9-19/h10-13,19H,5-9,14-15H2,1-4H3,(H,26,30). The monoisotopic (exact) mass is 420 g/mol. The first-order valence-electron chi connectivity index (χ1n) is 11.3. The van der Waals surface area contributed by atoms with Crippen LogP contribution in [0.25, 0.3) is 16.7 Å². The van der Waals surface area contributed by atoms with Crippen LogP contribution in [-0.4, -0.2) is 33.8 Å². The summed E-state index contributed by atoms with van der Waals surface area (Å²) >= 11 is 0. The molecule has 2 heterocycles. The van der Waals surface area contributed by atoms with E-state index in [4.69, 9.17) is 14.8 Å². The van der Waals surface area contributed by atoms with Gasteiger partial charge in [-0.2, -0.15) is 10.1 Å². The number of ether oxygens (including phenoxy) is 1. The van der Waals surface area contributed by atoms with Crippen molar-refractivity contribution in [2.24, 2.45) is 0 Å². The van der Waals surface area contributed by atoms with Gasteiger partial charge < -0.3 is 10.1 Å². The smallest absolute Gasteiger partial charge is 0.220 e. The highest BCUT2D eigenvalue weighted by Crippen LogP contribution is 2.32. The van der Waals surface area contributed by atoms with Gasteiger partial charge in [-0.1, -0.05) is 37.0 Å². The Bertz CT molecular complexity index is 1080. The van der Waals surface area contributed by atoms with Crippen molar-refractivity contribution >= 4 is 16.9 Å². The maximum absolute atomic E-state index is 12.6. The molecule has 1 fully saturated rings. The van der Waals surface area contributed by atoms with E-state index < -0.39 is 0 Å². The van der Waals surface area contributed by atoms with Gasteiger partial charge in [0.25, 0.3) is 0 Å². The summed E-state index contributed by atoms with van der Waals surface area (Å²) in [6, 6.07) is 8.57. The van der Waals surface area contributed by atoms with E-state index in [1.165, 1.54) is 24.8 Å². The zero-order chi connectivity index (χ0) is 22.0. The summed E-state index contributed by atoms with van der Waals surface area (Å²) in [5.74, 6) is 0.684. The first kappa shape index (κ1) is 21.3. The Morgan fingerprint density at radius 1 is 1.13 bits per heavy atom. The number of methoxy groups -OCH3 is 1. The highest BCUT2D eigenvalue weighted by atomic mass is 16.5. The van der Waals surface area contributed by atoms with Gasteiger partial charge in [-0.3, -0.25) is 4.79 Å². The summed E-state index contributed by atoms with van der Waals surface area (Å²) in [6.45, 7) is 6.15. The molecular weight excluding hydrogens is 388 g/mol. The van der Waals surface area contributed by atoms with Gasteiger partial charge in [0, 0.05) is 23.4 Å². The molecule has 3 aromatic rings. The number of pyridine rings is 1. The zero-order valence-electron chi connectivity index (χ0n) is 19.0. The second-order valence-electron chi connectivity index (χ2n) is 8.66. The maximum Gasteiger partial charge on any atom is 0.220 e. The molecule has 31 heavy (non-hydrogen) atoms. The number of hydrogen-bond acceptors (Lipinski definition) is 4. The fourth-order valence-corrected chi connectivity index (χ4v) is 4.65. The first-order valence-corrected chi connectivity index (χ1v) is 11.3. The van der Waals surface area contributed by atoms with Crippen molar-refractivity contribution in [2.45, 2.75) is 71.8 Å². The fourth-order valence-electron chi connectivity index (χ4n) is 4.65. The molecule has 0 saturated heterocycles. The predicted octanol–water partition coefficient (Wildman–Crippen LogP) is 4.74. The van der Waals surface area contributed by atoms with Gasteiger partial charge in [-0.15, -0.1) is 0 Å². The topological polar surface area (TPSA) is 69.0 Å². The minimum Gasteiger partial charge on any atom is -0.481 e. The molecule has 2 aromatic heterocycles. The number of hydrogen-bond donors (Lipinski definition) is 1. The average molecular weight is 421 g/mol. The summed E-state index contributed by atoms with van der Waals surface area (Å²) in [5, 5.41) is 9.00. The minimum absolute atomic E-state index is 0.112. The lowest BCUT2D eigenvalue weighted by Gasteiger charge is -2.22. The maximum atomic E-state index is 12.6. The van der Waals surface area contributed by atoms with Crippen LogP contribution >= 0.6 is 0 Å². The minimum atomic E-state index is 0.112. The van der Waals surface area contributed by atoms with Crippen molar-refractivity contribution in [1.82, 2.24) is 20.1 Å². The molecule has 164 valence electrons. The molecule has 0 bridgehead atoms. The van der Waals surface area contributed by atoms with Gasteiger partial charge in [0.2, 0.25) is 11.8 Å². The SMILES string of the molecule is COc1nc2c(c(C)nn2-c2ccc(C)cc2)c(C)c1CCC(=O)NC1CCCCC1. The summed E-state index contributed by atoms with van der Waals surface area (Å²) < 4.78 is 7.53. The van der Waals surface area contributed by atoms with Crippen molar-refractivity contribution in [3.05, 3.63) is 46.6 Å². The van der Waals surface area contributed by atoms with E-state index in [0.29, 0.717) is 24.8 Å². The Morgan fingerprint density at radius 2 is 1.84 bits per heavy atom. The quantitative estimate of drug-likeness (QED) is 0.626.